The normalized spacial score (nSPS) is 40.2. The van der Waals surface area contributed by atoms with Crippen LogP contribution in [-0.4, -0.2) is 134 Å². The molecule has 1 aliphatic heterocycles. The topological polar surface area (TPSA) is 153 Å². The predicted octanol–water partition coefficient (Wildman–Crippen LogP) is 6.67. The van der Waals surface area contributed by atoms with Gasteiger partial charge in [-0.2, -0.15) is 0 Å². The van der Waals surface area contributed by atoms with Crippen LogP contribution >= 0.6 is 0 Å². The van der Waals surface area contributed by atoms with E-state index >= 15 is 0 Å². The van der Waals surface area contributed by atoms with Gasteiger partial charge >= 0.3 is 11.9 Å². The second-order valence-corrected chi connectivity index (χ2v) is 19.6. The molecule has 0 radical (unpaired) electrons. The van der Waals surface area contributed by atoms with Gasteiger partial charge in [-0.15, -0.1) is 0 Å². The highest BCUT2D eigenvalue weighted by atomic mass is 16.6. The summed E-state index contributed by atoms with van der Waals surface area (Å²) in [5.74, 6) is -3.50. The molecule has 348 valence electrons. The van der Waals surface area contributed by atoms with Crippen molar-refractivity contribution in [2.24, 2.45) is 34.5 Å². The third-order valence-electron chi connectivity index (χ3n) is 16.8. The molecule has 6 aliphatic rings. The number of hydrogen-bond acceptors (Lipinski definition) is 12. The fraction of sp³-hybridized carbons (Fsp3) is 0.800. The van der Waals surface area contributed by atoms with Crippen molar-refractivity contribution in [3.05, 3.63) is 48.0 Å². The van der Waals surface area contributed by atoms with Crippen LogP contribution in [0.25, 0.3) is 0 Å². The summed E-state index contributed by atoms with van der Waals surface area (Å²) in [7, 11) is 6.41. The summed E-state index contributed by atoms with van der Waals surface area (Å²) in [6.07, 6.45) is 14.0. The molecule has 12 heteroatoms. The predicted molar refractivity (Wildman–Crippen MR) is 234 cm³/mol. The van der Waals surface area contributed by atoms with Gasteiger partial charge < -0.3 is 43.7 Å². The Hall–Kier alpha value is -2.42. The number of methoxy groups -OCH3 is 4. The van der Waals surface area contributed by atoms with Crippen molar-refractivity contribution in [3.63, 3.8) is 0 Å². The Kier molecular flexibility index (Phi) is 15.3. The molecule has 0 aromatic heterocycles. The standard InChI is InChI=1S/C50H77NO11/c1-7-9-10-11-12-13-14-15-16-17-18-19-20-21-25-28-37(53)62-50-38-34(30-48(56,45(60-6)43(50)54)44(38)61-46(55)33-26-23-22-24-27-33)49-36(58-4)29-35(52)47(32-57-3)31-51(8-2)42(49)39(50)40(59-5)41(47)49/h15-16,22-24,26-27,34-36,38-45,52,54,56H,7-14,17-21,25,28-32H2,1-6H3/t34-,35-,36+,38-,39+,40+,41-,42-,43+,44-,45+,47+,48-,49+,50-/m1/s1. The first-order valence-electron chi connectivity index (χ1n) is 24.1. The van der Waals surface area contributed by atoms with E-state index in [4.69, 9.17) is 28.4 Å². The summed E-state index contributed by atoms with van der Waals surface area (Å²) in [5.41, 5.74) is -4.85. The quantitative estimate of drug-likeness (QED) is 0.0579. The maximum absolute atomic E-state index is 14.6. The lowest BCUT2D eigenvalue weighted by Crippen LogP contribution is -2.81. The Bertz CT molecular complexity index is 1680. The zero-order chi connectivity index (χ0) is 44.3. The van der Waals surface area contributed by atoms with E-state index in [0.717, 1.165) is 38.5 Å². The Morgan fingerprint density at radius 1 is 0.823 bits per heavy atom. The zero-order valence-electron chi connectivity index (χ0n) is 38.4. The molecule has 7 rings (SSSR count). The molecule has 12 nitrogen and oxygen atoms in total. The smallest absolute Gasteiger partial charge is 0.338 e. The summed E-state index contributed by atoms with van der Waals surface area (Å²) in [5, 5.41) is 38.4. The second kappa shape index (κ2) is 20.0. The SMILES string of the molecule is CCCCCCCCC=CCCCCCCCC(=O)O[C@]12[C@H]3[C@@H](OC(=O)c4ccccc4)[C@](O)(C[C@H]3[C@@]34[C@@H](OC)C[C@@H](O)[C@@]5(COC)CN(CC)[C@@H]3[C@@H]1[C@H](OC)[C@H]54)[C@@H](OC)[C@@H]2O. The minimum atomic E-state index is -1.85. The number of nitrogens with zero attached hydrogens (tertiary/aromatic N) is 1. The molecule has 1 heterocycles. The summed E-state index contributed by atoms with van der Waals surface area (Å²) < 4.78 is 38.7. The maximum Gasteiger partial charge on any atom is 0.338 e. The molecule has 7 bridgehead atoms. The zero-order valence-corrected chi connectivity index (χ0v) is 38.4. The van der Waals surface area contributed by atoms with E-state index < -0.39 is 88.3 Å². The number of likely N-dealkylation sites (tertiary alicyclic amines) is 1. The number of piperidine rings is 1. The van der Waals surface area contributed by atoms with E-state index in [1.165, 1.54) is 45.6 Å². The van der Waals surface area contributed by atoms with Crippen LogP contribution in [0.1, 0.15) is 127 Å². The number of carbonyl (C=O) groups is 2. The molecule has 15 atom stereocenters. The molecular weight excluding hydrogens is 791 g/mol. The number of carbonyl (C=O) groups excluding carboxylic acids is 2. The Labute approximate surface area is 370 Å². The van der Waals surface area contributed by atoms with Crippen LogP contribution < -0.4 is 0 Å². The van der Waals surface area contributed by atoms with Gasteiger partial charge in [0.1, 0.15) is 23.9 Å². The molecule has 0 unspecified atom stereocenters. The van der Waals surface area contributed by atoms with Gasteiger partial charge in [-0.25, -0.2) is 4.79 Å². The number of allylic oxidation sites excluding steroid dienone is 2. The summed E-state index contributed by atoms with van der Waals surface area (Å²) in [6.45, 7) is 5.67. The van der Waals surface area contributed by atoms with Crippen LogP contribution in [0.3, 0.4) is 0 Å². The van der Waals surface area contributed by atoms with Gasteiger partial charge in [0.25, 0.3) is 0 Å². The number of esters is 2. The molecule has 1 spiro atoms. The van der Waals surface area contributed by atoms with Crippen molar-refractivity contribution in [2.75, 3.05) is 48.1 Å². The van der Waals surface area contributed by atoms with Crippen molar-refractivity contribution >= 4 is 11.9 Å². The van der Waals surface area contributed by atoms with E-state index in [1.807, 2.05) is 6.07 Å². The number of rotatable bonds is 24. The minimum Gasteiger partial charge on any atom is -0.455 e. The molecule has 5 saturated carbocycles. The highest BCUT2D eigenvalue weighted by Crippen LogP contribution is 2.80. The Morgan fingerprint density at radius 2 is 1.48 bits per heavy atom. The van der Waals surface area contributed by atoms with Crippen LogP contribution in [0.2, 0.25) is 0 Å². The molecule has 5 aliphatic carbocycles. The van der Waals surface area contributed by atoms with Crippen molar-refractivity contribution in [1.82, 2.24) is 4.90 Å². The van der Waals surface area contributed by atoms with Gasteiger partial charge in [0.05, 0.1) is 30.5 Å². The number of hydrogen-bond donors (Lipinski definition) is 3. The molecule has 3 N–H and O–H groups in total. The van der Waals surface area contributed by atoms with Gasteiger partial charge in [-0.3, -0.25) is 9.69 Å². The van der Waals surface area contributed by atoms with Crippen LogP contribution in [0.15, 0.2) is 42.5 Å². The fourth-order valence-electron chi connectivity index (χ4n) is 14.7. The second-order valence-electron chi connectivity index (χ2n) is 19.6. The van der Waals surface area contributed by atoms with Crippen molar-refractivity contribution in [3.8, 4) is 0 Å². The van der Waals surface area contributed by atoms with E-state index in [-0.39, 0.29) is 31.4 Å². The van der Waals surface area contributed by atoms with Crippen molar-refractivity contribution in [1.29, 1.82) is 0 Å². The van der Waals surface area contributed by atoms with Crippen LogP contribution in [-0.2, 0) is 33.2 Å². The monoisotopic (exact) mass is 868 g/mol. The van der Waals surface area contributed by atoms with Gasteiger partial charge in [-0.05, 0) is 63.1 Å². The number of aliphatic hydroxyl groups is 3. The molecule has 1 aromatic carbocycles. The summed E-state index contributed by atoms with van der Waals surface area (Å²) in [4.78, 5) is 31.0. The first-order valence-corrected chi connectivity index (χ1v) is 24.1. The van der Waals surface area contributed by atoms with Gasteiger partial charge in [-0.1, -0.05) is 95.6 Å². The van der Waals surface area contributed by atoms with E-state index in [2.05, 4.69) is 30.9 Å². The lowest BCUT2D eigenvalue weighted by atomic mass is 9.42. The minimum absolute atomic E-state index is 0.0836. The first kappa shape index (κ1) is 47.5. The van der Waals surface area contributed by atoms with Crippen molar-refractivity contribution < 1.29 is 53.3 Å². The third kappa shape index (κ3) is 7.62. The maximum atomic E-state index is 14.6. The van der Waals surface area contributed by atoms with Crippen molar-refractivity contribution in [2.45, 2.75) is 170 Å². The van der Waals surface area contributed by atoms with Crippen LogP contribution in [0.4, 0.5) is 0 Å². The van der Waals surface area contributed by atoms with Crippen LogP contribution in [0.5, 0.6) is 0 Å². The number of fused-ring (bicyclic) bond motifs is 2. The number of aliphatic hydroxyl groups excluding tert-OH is 2. The lowest BCUT2D eigenvalue weighted by Gasteiger charge is -2.70. The third-order valence-corrected chi connectivity index (χ3v) is 16.8. The number of benzene rings is 1. The first-order chi connectivity index (χ1) is 30.0. The fourth-order valence-corrected chi connectivity index (χ4v) is 14.7. The van der Waals surface area contributed by atoms with Crippen LogP contribution in [0, 0.1) is 34.5 Å². The molecule has 62 heavy (non-hydrogen) atoms. The van der Waals surface area contributed by atoms with E-state index in [9.17, 15) is 24.9 Å². The van der Waals surface area contributed by atoms with Gasteiger partial charge in [0.2, 0.25) is 0 Å². The highest BCUT2D eigenvalue weighted by molar-refractivity contribution is 5.89. The average molecular weight is 868 g/mol. The molecule has 6 fully saturated rings. The molecule has 1 aromatic rings. The summed E-state index contributed by atoms with van der Waals surface area (Å²) in [6, 6.07) is 8.31. The molecular formula is C50H77NO11. The van der Waals surface area contributed by atoms with E-state index in [0.29, 0.717) is 31.5 Å². The van der Waals surface area contributed by atoms with Gasteiger partial charge in [0, 0.05) is 82.5 Å². The van der Waals surface area contributed by atoms with Gasteiger partial charge in [0.15, 0.2) is 5.60 Å². The van der Waals surface area contributed by atoms with E-state index in [1.54, 1.807) is 45.6 Å². The summed E-state index contributed by atoms with van der Waals surface area (Å²) >= 11 is 0. The highest BCUT2D eigenvalue weighted by Gasteiger charge is 2.92. The molecule has 1 saturated heterocycles. The number of ether oxygens (including phenoxy) is 6. The average Bonchev–Trinajstić information content (AvgIpc) is 3.65. The lowest BCUT2D eigenvalue weighted by molar-refractivity contribution is -0.323. The Balaban J connectivity index is 1.19. The molecule has 0 amide bonds. The Morgan fingerprint density at radius 3 is 2.10 bits per heavy atom. The largest absolute Gasteiger partial charge is 0.455 e. The number of unbranched alkanes of at least 4 members (excludes halogenated alkanes) is 11.